The number of benzene rings is 2. The summed E-state index contributed by atoms with van der Waals surface area (Å²) in [6.45, 7) is 1.64. The number of hydrogen-bond donors (Lipinski definition) is 2. The number of aromatic nitrogens is 1. The molecule has 31 heavy (non-hydrogen) atoms. The molecule has 10 heteroatoms. The van der Waals surface area contributed by atoms with Crippen LogP contribution in [0.25, 0.3) is 10.6 Å². The molecule has 2 aromatic carbocycles. The van der Waals surface area contributed by atoms with E-state index >= 15 is 0 Å². The lowest BCUT2D eigenvalue weighted by atomic mass is 10.1. The number of nitrogens with zero attached hydrogens (tertiary/aromatic N) is 1. The molecule has 0 unspecified atom stereocenters. The third-order valence-electron chi connectivity index (χ3n) is 4.55. The van der Waals surface area contributed by atoms with Gasteiger partial charge in [0.25, 0.3) is 5.91 Å². The van der Waals surface area contributed by atoms with Gasteiger partial charge < -0.3 is 15.4 Å². The molecule has 0 radical (unpaired) electrons. The fraction of sp³-hybridized carbons (Fsp3) is 0.190. The minimum Gasteiger partial charge on any atom is -0.479 e. The summed E-state index contributed by atoms with van der Waals surface area (Å²) in [4.78, 5) is 28.5. The lowest BCUT2D eigenvalue weighted by Crippen LogP contribution is -2.34. The number of carbonyl (C=O) groups is 2. The molecule has 0 saturated heterocycles. The first-order valence-electron chi connectivity index (χ1n) is 9.22. The Morgan fingerprint density at radius 2 is 1.97 bits per heavy atom. The summed E-state index contributed by atoms with van der Waals surface area (Å²) in [7, 11) is 0. The van der Waals surface area contributed by atoms with E-state index in [0.29, 0.717) is 33.4 Å². The zero-order valence-corrected chi connectivity index (χ0v) is 16.9. The van der Waals surface area contributed by atoms with Gasteiger partial charge in [-0.25, -0.2) is 4.98 Å². The van der Waals surface area contributed by atoms with Gasteiger partial charge in [0.1, 0.15) is 10.8 Å². The molecule has 2 amide bonds. The molecule has 6 nitrogen and oxygen atoms in total. The predicted octanol–water partition coefficient (Wildman–Crippen LogP) is 4.73. The van der Waals surface area contributed by atoms with Crippen molar-refractivity contribution in [2.75, 3.05) is 10.6 Å². The lowest BCUT2D eigenvalue weighted by Gasteiger charge is -2.23. The van der Waals surface area contributed by atoms with E-state index < -0.39 is 17.8 Å². The van der Waals surface area contributed by atoms with E-state index in [-0.39, 0.29) is 18.2 Å². The first kappa shape index (κ1) is 20.9. The van der Waals surface area contributed by atoms with Gasteiger partial charge in [0.15, 0.2) is 6.10 Å². The summed E-state index contributed by atoms with van der Waals surface area (Å²) in [5.41, 5.74) is 1.28. The molecule has 0 saturated carbocycles. The number of rotatable bonds is 4. The molecule has 0 bridgehead atoms. The van der Waals surface area contributed by atoms with Gasteiger partial charge in [-0.05, 0) is 37.3 Å². The largest absolute Gasteiger partial charge is 0.479 e. The summed E-state index contributed by atoms with van der Waals surface area (Å²) in [6, 6.07) is 9.64. The van der Waals surface area contributed by atoms with E-state index in [1.807, 2.05) is 0 Å². The Morgan fingerprint density at radius 1 is 1.23 bits per heavy atom. The molecule has 0 spiro atoms. The van der Waals surface area contributed by atoms with Crippen molar-refractivity contribution in [1.82, 2.24) is 4.98 Å². The van der Waals surface area contributed by atoms with Crippen molar-refractivity contribution in [3.05, 3.63) is 59.1 Å². The lowest BCUT2D eigenvalue weighted by molar-refractivity contribution is -0.137. The maximum Gasteiger partial charge on any atom is 0.416 e. The smallest absolute Gasteiger partial charge is 0.416 e. The number of amides is 2. The van der Waals surface area contributed by atoms with Crippen LogP contribution in [0.4, 0.5) is 24.5 Å². The normalized spacial score (nSPS) is 15.6. The van der Waals surface area contributed by atoms with Gasteiger partial charge in [-0.1, -0.05) is 12.1 Å². The van der Waals surface area contributed by atoms with E-state index in [4.69, 9.17) is 4.74 Å². The van der Waals surface area contributed by atoms with E-state index in [9.17, 15) is 22.8 Å². The number of fused-ring (bicyclic) bond motifs is 1. The van der Waals surface area contributed by atoms with Gasteiger partial charge in [-0.3, -0.25) is 9.59 Å². The van der Waals surface area contributed by atoms with Crippen molar-refractivity contribution >= 4 is 34.5 Å². The van der Waals surface area contributed by atoms with Crippen molar-refractivity contribution in [2.24, 2.45) is 0 Å². The minimum absolute atomic E-state index is 0.00584. The molecular weight excluding hydrogens is 431 g/mol. The van der Waals surface area contributed by atoms with Crippen molar-refractivity contribution in [2.45, 2.75) is 25.6 Å². The average molecular weight is 447 g/mol. The topological polar surface area (TPSA) is 80.3 Å². The molecule has 1 aliphatic rings. The van der Waals surface area contributed by atoms with Crippen LogP contribution in [0.3, 0.4) is 0 Å². The molecule has 4 rings (SSSR count). The van der Waals surface area contributed by atoms with Crippen LogP contribution < -0.4 is 15.4 Å². The van der Waals surface area contributed by atoms with E-state index in [1.54, 1.807) is 30.5 Å². The Hall–Kier alpha value is -3.40. The second kappa shape index (κ2) is 8.03. The zero-order chi connectivity index (χ0) is 22.2. The van der Waals surface area contributed by atoms with Crippen LogP contribution in [-0.4, -0.2) is 22.9 Å². The Bertz CT molecular complexity index is 1140. The molecular formula is C21H16F3N3O3S. The van der Waals surface area contributed by atoms with Crippen LogP contribution in [0.2, 0.25) is 0 Å². The first-order chi connectivity index (χ1) is 14.7. The van der Waals surface area contributed by atoms with Gasteiger partial charge in [-0.15, -0.1) is 11.3 Å². The van der Waals surface area contributed by atoms with Crippen molar-refractivity contribution in [3.63, 3.8) is 0 Å². The summed E-state index contributed by atoms with van der Waals surface area (Å²) >= 11 is 1.25. The van der Waals surface area contributed by atoms with Crippen LogP contribution in [-0.2, 0) is 22.2 Å². The second-order valence-corrected chi connectivity index (χ2v) is 7.76. The van der Waals surface area contributed by atoms with Crippen molar-refractivity contribution in [3.8, 4) is 16.3 Å². The SMILES string of the molecule is C[C@H]1Oc2ccc(NC(=O)Cc3csc(-c4ccc(C(F)(F)F)cc4)n3)cc2NC1=O. The minimum atomic E-state index is -4.39. The molecule has 2 N–H and O–H groups in total. The van der Waals surface area contributed by atoms with Crippen molar-refractivity contribution in [1.29, 1.82) is 0 Å². The predicted molar refractivity (Wildman–Crippen MR) is 110 cm³/mol. The number of alkyl halides is 3. The highest BCUT2D eigenvalue weighted by atomic mass is 32.1. The Morgan fingerprint density at radius 3 is 2.68 bits per heavy atom. The van der Waals surface area contributed by atoms with Crippen LogP contribution >= 0.6 is 11.3 Å². The highest BCUT2D eigenvalue weighted by Crippen LogP contribution is 2.33. The maximum absolute atomic E-state index is 12.7. The standard InChI is InChI=1S/C21H16F3N3O3S/c1-11-19(29)27-16-8-14(6-7-17(16)30-11)25-18(28)9-15-10-31-20(26-15)12-2-4-13(5-3-12)21(22,23)24/h2-8,10-11H,9H2,1H3,(H,25,28)(H,27,29)/t11-/m1/s1. The quantitative estimate of drug-likeness (QED) is 0.606. The highest BCUT2D eigenvalue weighted by molar-refractivity contribution is 7.13. The molecule has 3 aromatic rings. The van der Waals surface area contributed by atoms with Crippen LogP contribution in [0.15, 0.2) is 47.8 Å². The van der Waals surface area contributed by atoms with Gasteiger partial charge in [0, 0.05) is 16.6 Å². The Labute approximate surface area is 179 Å². The second-order valence-electron chi connectivity index (χ2n) is 6.90. The van der Waals surface area contributed by atoms with E-state index in [1.165, 1.54) is 23.5 Å². The van der Waals surface area contributed by atoms with Crippen LogP contribution in [0.1, 0.15) is 18.2 Å². The Kier molecular flexibility index (Phi) is 5.40. The molecule has 1 atom stereocenters. The number of thiazole rings is 1. The number of ether oxygens (including phenoxy) is 1. The highest BCUT2D eigenvalue weighted by Gasteiger charge is 2.30. The van der Waals surface area contributed by atoms with Crippen LogP contribution in [0, 0.1) is 0 Å². The number of halogens is 3. The molecule has 0 aliphatic carbocycles. The van der Waals surface area contributed by atoms with Crippen molar-refractivity contribution < 1.29 is 27.5 Å². The first-order valence-corrected chi connectivity index (χ1v) is 10.1. The molecule has 160 valence electrons. The fourth-order valence-corrected chi connectivity index (χ4v) is 3.80. The van der Waals surface area contributed by atoms with Crippen LogP contribution in [0.5, 0.6) is 5.75 Å². The molecule has 2 heterocycles. The third kappa shape index (κ3) is 4.69. The van der Waals surface area contributed by atoms with Gasteiger partial charge in [0.2, 0.25) is 5.91 Å². The molecule has 1 aliphatic heterocycles. The van der Waals surface area contributed by atoms with Gasteiger partial charge >= 0.3 is 6.18 Å². The number of anilines is 2. The summed E-state index contributed by atoms with van der Waals surface area (Å²) < 4.78 is 43.6. The van der Waals surface area contributed by atoms with Gasteiger partial charge in [-0.2, -0.15) is 13.2 Å². The monoisotopic (exact) mass is 447 g/mol. The number of hydrogen-bond acceptors (Lipinski definition) is 5. The molecule has 0 fully saturated rings. The summed E-state index contributed by atoms with van der Waals surface area (Å²) in [5.74, 6) is -0.0688. The molecule has 1 aromatic heterocycles. The number of carbonyl (C=O) groups excluding carboxylic acids is 2. The summed E-state index contributed by atoms with van der Waals surface area (Å²) in [6.07, 6.45) is -4.99. The van der Waals surface area contributed by atoms with E-state index in [2.05, 4.69) is 15.6 Å². The van der Waals surface area contributed by atoms with E-state index in [0.717, 1.165) is 12.1 Å². The summed E-state index contributed by atoms with van der Waals surface area (Å²) in [5, 5.41) is 7.66. The zero-order valence-electron chi connectivity index (χ0n) is 16.1. The Balaban J connectivity index is 1.41. The average Bonchev–Trinajstić information content (AvgIpc) is 3.17. The maximum atomic E-state index is 12.7. The fourth-order valence-electron chi connectivity index (χ4n) is 2.98. The number of nitrogens with one attached hydrogen (secondary N) is 2. The third-order valence-corrected chi connectivity index (χ3v) is 5.49. The van der Waals surface area contributed by atoms with Gasteiger partial charge in [0.05, 0.1) is 23.4 Å².